The minimum atomic E-state index is 0.150. The Morgan fingerprint density at radius 1 is 1.07 bits per heavy atom. The van der Waals surface area contributed by atoms with Gasteiger partial charge in [0.05, 0.1) is 5.69 Å². The Hall–Kier alpha value is -0.640. The quantitative estimate of drug-likeness (QED) is 0.582. The monoisotopic (exact) mass is 302 g/mol. The molecule has 1 heterocycles. The third kappa shape index (κ3) is 2.68. The predicted octanol–water partition coefficient (Wildman–Crippen LogP) is 4.21. The van der Waals surface area contributed by atoms with Gasteiger partial charge in [-0.3, -0.25) is 0 Å². The summed E-state index contributed by atoms with van der Waals surface area (Å²) >= 11 is 14.9. The third-order valence-electron chi connectivity index (χ3n) is 1.79. The maximum absolute atomic E-state index is 5.79. The molecule has 1 aromatic carbocycles. The lowest BCUT2D eigenvalue weighted by molar-refractivity contribution is 1.17. The summed E-state index contributed by atoms with van der Waals surface area (Å²) in [6.45, 7) is 0. The van der Waals surface area contributed by atoms with E-state index < -0.39 is 0 Å². The lowest BCUT2D eigenvalue weighted by Gasteiger charge is -2.02. The molecule has 0 aliphatic heterocycles. The summed E-state index contributed by atoms with van der Waals surface area (Å²) in [5.41, 5.74) is 1.65. The van der Waals surface area contributed by atoms with Gasteiger partial charge in [-0.2, -0.15) is 0 Å². The smallest absolute Gasteiger partial charge is 0.218 e. The lowest BCUT2D eigenvalue weighted by atomic mass is 10.1. The Bertz CT molecular complexity index is 482. The number of hydrogen-bond donors (Lipinski definition) is 0. The topological polar surface area (TPSA) is 25.8 Å². The molecular weight excluding hydrogens is 299 g/mol. The Morgan fingerprint density at radius 2 is 1.87 bits per heavy atom. The zero-order valence-electron chi connectivity index (χ0n) is 7.42. The van der Waals surface area contributed by atoms with Crippen molar-refractivity contribution < 1.29 is 0 Å². The van der Waals surface area contributed by atoms with Gasteiger partial charge in [0.25, 0.3) is 0 Å². The molecule has 2 aromatic rings. The van der Waals surface area contributed by atoms with Gasteiger partial charge in [0.1, 0.15) is 5.15 Å². The SMILES string of the molecule is Clc1cc(-c2cccc(Br)c2)nc(Cl)n1. The summed E-state index contributed by atoms with van der Waals surface area (Å²) in [6.07, 6.45) is 0. The highest BCUT2D eigenvalue weighted by atomic mass is 79.9. The molecular formula is C10H5BrCl2N2. The van der Waals surface area contributed by atoms with E-state index in [1.807, 2.05) is 24.3 Å². The van der Waals surface area contributed by atoms with E-state index in [4.69, 9.17) is 23.2 Å². The molecule has 76 valence electrons. The van der Waals surface area contributed by atoms with E-state index >= 15 is 0 Å². The minimum absolute atomic E-state index is 0.150. The second-order valence-electron chi connectivity index (χ2n) is 2.86. The van der Waals surface area contributed by atoms with Crippen LogP contribution in [0.5, 0.6) is 0 Å². The highest BCUT2D eigenvalue weighted by Gasteiger charge is 2.04. The average molecular weight is 304 g/mol. The molecule has 1 aromatic heterocycles. The molecule has 15 heavy (non-hydrogen) atoms. The van der Waals surface area contributed by atoms with Gasteiger partial charge in [0.2, 0.25) is 5.28 Å². The van der Waals surface area contributed by atoms with Crippen LogP contribution in [0, 0.1) is 0 Å². The molecule has 0 atom stereocenters. The number of rotatable bonds is 1. The molecule has 2 rings (SSSR count). The summed E-state index contributed by atoms with van der Waals surface area (Å²) in [4.78, 5) is 7.88. The van der Waals surface area contributed by atoms with Crippen LogP contribution in [0.25, 0.3) is 11.3 Å². The first-order valence-corrected chi connectivity index (χ1v) is 5.66. The van der Waals surface area contributed by atoms with Crippen LogP contribution < -0.4 is 0 Å². The molecule has 0 N–H and O–H groups in total. The van der Waals surface area contributed by atoms with Gasteiger partial charge >= 0.3 is 0 Å². The summed E-state index contributed by atoms with van der Waals surface area (Å²) in [5, 5.41) is 0.488. The van der Waals surface area contributed by atoms with Crippen LogP contribution in [0.3, 0.4) is 0 Å². The van der Waals surface area contributed by atoms with Crippen LogP contribution >= 0.6 is 39.1 Å². The molecule has 0 saturated heterocycles. The lowest BCUT2D eigenvalue weighted by Crippen LogP contribution is -1.88. The van der Waals surface area contributed by atoms with Gasteiger partial charge in [-0.15, -0.1) is 0 Å². The molecule has 0 unspecified atom stereocenters. The molecule has 0 saturated carbocycles. The van der Waals surface area contributed by atoms with Crippen molar-refractivity contribution in [2.24, 2.45) is 0 Å². The maximum atomic E-state index is 5.79. The van der Waals surface area contributed by atoms with Crippen molar-refractivity contribution in [2.75, 3.05) is 0 Å². The van der Waals surface area contributed by atoms with Gasteiger partial charge in [-0.25, -0.2) is 9.97 Å². The van der Waals surface area contributed by atoms with Gasteiger partial charge in [0, 0.05) is 16.1 Å². The van der Waals surface area contributed by atoms with Crippen LogP contribution in [0.4, 0.5) is 0 Å². The molecule has 0 aliphatic carbocycles. The van der Waals surface area contributed by atoms with E-state index in [2.05, 4.69) is 25.9 Å². The molecule has 2 nitrogen and oxygen atoms in total. The first-order valence-electron chi connectivity index (χ1n) is 4.11. The van der Waals surface area contributed by atoms with Crippen molar-refractivity contribution in [1.82, 2.24) is 9.97 Å². The first-order chi connectivity index (χ1) is 7.15. The molecule has 0 aliphatic rings. The number of halogens is 3. The fraction of sp³-hybridized carbons (Fsp3) is 0. The van der Waals surface area contributed by atoms with Crippen LogP contribution in [0.15, 0.2) is 34.8 Å². The van der Waals surface area contributed by atoms with Crippen LogP contribution in [-0.4, -0.2) is 9.97 Å². The number of hydrogen-bond acceptors (Lipinski definition) is 2. The average Bonchev–Trinajstić information content (AvgIpc) is 2.16. The number of benzene rings is 1. The van der Waals surface area contributed by atoms with Gasteiger partial charge in [0.15, 0.2) is 0 Å². The number of nitrogens with zero attached hydrogens (tertiary/aromatic N) is 2. The zero-order chi connectivity index (χ0) is 10.8. The molecule has 0 amide bonds. The standard InChI is InChI=1S/C10H5BrCl2N2/c11-7-3-1-2-6(4-7)8-5-9(12)15-10(13)14-8/h1-5H. The Balaban J connectivity index is 2.54. The van der Waals surface area contributed by atoms with Crippen LogP contribution in [-0.2, 0) is 0 Å². The van der Waals surface area contributed by atoms with Gasteiger partial charge in [-0.05, 0) is 23.7 Å². The van der Waals surface area contributed by atoms with E-state index in [9.17, 15) is 0 Å². The Morgan fingerprint density at radius 3 is 2.53 bits per heavy atom. The van der Waals surface area contributed by atoms with Crippen LogP contribution in [0.2, 0.25) is 10.4 Å². The Labute approximate surface area is 105 Å². The summed E-state index contributed by atoms with van der Waals surface area (Å²) in [5.74, 6) is 0. The van der Waals surface area contributed by atoms with Crippen molar-refractivity contribution in [2.45, 2.75) is 0 Å². The third-order valence-corrected chi connectivity index (χ3v) is 2.64. The Kier molecular flexibility index (Phi) is 3.24. The van der Waals surface area contributed by atoms with Gasteiger partial charge < -0.3 is 0 Å². The van der Waals surface area contributed by atoms with E-state index in [0.717, 1.165) is 10.0 Å². The van der Waals surface area contributed by atoms with Crippen LogP contribution in [0.1, 0.15) is 0 Å². The fourth-order valence-electron chi connectivity index (χ4n) is 1.19. The van der Waals surface area contributed by atoms with Crippen molar-refractivity contribution in [3.63, 3.8) is 0 Å². The van der Waals surface area contributed by atoms with E-state index in [1.54, 1.807) is 6.07 Å². The first kappa shape index (κ1) is 10.9. The molecule has 0 spiro atoms. The van der Waals surface area contributed by atoms with E-state index in [1.165, 1.54) is 0 Å². The second-order valence-corrected chi connectivity index (χ2v) is 4.50. The zero-order valence-corrected chi connectivity index (χ0v) is 10.5. The molecule has 0 fully saturated rings. The van der Waals surface area contributed by atoms with Crippen molar-refractivity contribution in [3.05, 3.63) is 45.2 Å². The predicted molar refractivity (Wildman–Crippen MR) is 65.2 cm³/mol. The highest BCUT2D eigenvalue weighted by Crippen LogP contribution is 2.24. The van der Waals surface area contributed by atoms with E-state index in [-0.39, 0.29) is 5.28 Å². The molecule has 5 heteroatoms. The fourth-order valence-corrected chi connectivity index (χ4v) is 1.99. The second kappa shape index (κ2) is 4.47. The minimum Gasteiger partial charge on any atom is -0.218 e. The van der Waals surface area contributed by atoms with Gasteiger partial charge in [-0.1, -0.05) is 39.7 Å². The molecule has 0 bridgehead atoms. The summed E-state index contributed by atoms with van der Waals surface area (Å²) in [6, 6.07) is 9.40. The largest absolute Gasteiger partial charge is 0.224 e. The van der Waals surface area contributed by atoms with Crippen molar-refractivity contribution in [3.8, 4) is 11.3 Å². The normalized spacial score (nSPS) is 10.3. The van der Waals surface area contributed by atoms with Crippen molar-refractivity contribution >= 4 is 39.1 Å². The summed E-state index contributed by atoms with van der Waals surface area (Å²) < 4.78 is 0.978. The van der Waals surface area contributed by atoms with Crippen molar-refractivity contribution in [1.29, 1.82) is 0 Å². The highest BCUT2D eigenvalue weighted by molar-refractivity contribution is 9.10. The summed E-state index contributed by atoms with van der Waals surface area (Å²) in [7, 11) is 0. The molecule has 0 radical (unpaired) electrons. The van der Waals surface area contributed by atoms with E-state index in [0.29, 0.717) is 10.8 Å². The number of aromatic nitrogens is 2. The maximum Gasteiger partial charge on any atom is 0.224 e.